The summed E-state index contributed by atoms with van der Waals surface area (Å²) in [5.74, 6) is 5.31. The molecule has 70 valence electrons. The molecule has 1 fully saturated rings. The maximum Gasteiger partial charge on any atom is 0.307 e. The van der Waals surface area contributed by atoms with Crippen molar-refractivity contribution in [1.29, 1.82) is 0 Å². The van der Waals surface area contributed by atoms with E-state index < -0.39 is 6.10 Å². The van der Waals surface area contributed by atoms with Gasteiger partial charge in [0.05, 0.1) is 12.5 Å². The molecule has 1 N–H and O–H groups in total. The van der Waals surface area contributed by atoms with E-state index in [0.29, 0.717) is 12.8 Å². The highest BCUT2D eigenvalue weighted by molar-refractivity contribution is 5.72. The summed E-state index contributed by atoms with van der Waals surface area (Å²) < 4.78 is 4.86. The van der Waals surface area contributed by atoms with Gasteiger partial charge in [0.15, 0.2) is 6.10 Å². The predicted molar refractivity (Wildman–Crippen MR) is 47.7 cm³/mol. The minimum absolute atomic E-state index is 0.182. The van der Waals surface area contributed by atoms with E-state index in [-0.39, 0.29) is 12.1 Å². The number of hydrogen-bond acceptors (Lipinski definition) is 3. The van der Waals surface area contributed by atoms with Crippen molar-refractivity contribution in [2.75, 3.05) is 0 Å². The van der Waals surface area contributed by atoms with Crippen molar-refractivity contribution in [3.05, 3.63) is 12.2 Å². The number of allylic oxidation sites excluding steroid dienone is 1. The van der Waals surface area contributed by atoms with E-state index in [1.165, 1.54) is 0 Å². The molecule has 0 amide bonds. The second-order valence-corrected chi connectivity index (χ2v) is 2.91. The van der Waals surface area contributed by atoms with Crippen LogP contribution in [-0.4, -0.2) is 23.3 Å². The zero-order valence-electron chi connectivity index (χ0n) is 7.49. The molecule has 0 spiro atoms. The van der Waals surface area contributed by atoms with Gasteiger partial charge in [-0.15, -0.1) is 0 Å². The Labute approximate surface area is 77.4 Å². The van der Waals surface area contributed by atoms with Crippen LogP contribution in [-0.2, 0) is 9.53 Å². The highest BCUT2D eigenvalue weighted by Crippen LogP contribution is 2.11. The summed E-state index contributed by atoms with van der Waals surface area (Å²) in [6, 6.07) is 0. The fourth-order valence-corrected chi connectivity index (χ4v) is 0.956. The van der Waals surface area contributed by atoms with Crippen LogP contribution in [0, 0.1) is 11.8 Å². The first kappa shape index (κ1) is 9.82. The fourth-order valence-electron chi connectivity index (χ4n) is 0.956. The summed E-state index contributed by atoms with van der Waals surface area (Å²) in [5, 5.41) is 8.85. The van der Waals surface area contributed by atoms with E-state index in [9.17, 15) is 4.79 Å². The van der Waals surface area contributed by atoms with Gasteiger partial charge in [0, 0.05) is 6.42 Å². The minimum Gasteiger partial charge on any atom is -0.449 e. The second-order valence-electron chi connectivity index (χ2n) is 2.91. The average molecular weight is 180 g/mol. The van der Waals surface area contributed by atoms with E-state index in [4.69, 9.17) is 9.84 Å². The standard InChI is InChI=1S/C10H12O3/c1-8(11)4-2-3-5-9-6-7-10(12)13-9/h2,4,8-9,11H,6-7H2,1H3/b4-2+. The molecule has 0 aromatic rings. The summed E-state index contributed by atoms with van der Waals surface area (Å²) in [6.07, 6.45) is 3.53. The Balaban J connectivity index is 2.35. The zero-order valence-corrected chi connectivity index (χ0v) is 7.49. The van der Waals surface area contributed by atoms with Crippen LogP contribution in [0.1, 0.15) is 19.8 Å². The molecule has 2 unspecified atom stereocenters. The molecule has 1 aliphatic rings. The van der Waals surface area contributed by atoms with Gasteiger partial charge in [0.2, 0.25) is 0 Å². The third-order valence-electron chi connectivity index (χ3n) is 1.59. The van der Waals surface area contributed by atoms with E-state index in [1.54, 1.807) is 19.1 Å². The maximum absolute atomic E-state index is 10.6. The highest BCUT2D eigenvalue weighted by Gasteiger charge is 2.20. The average Bonchev–Trinajstić information content (AvgIpc) is 2.45. The van der Waals surface area contributed by atoms with Gasteiger partial charge in [-0.2, -0.15) is 0 Å². The molecule has 0 bridgehead atoms. The van der Waals surface area contributed by atoms with Crippen molar-refractivity contribution >= 4 is 5.97 Å². The smallest absolute Gasteiger partial charge is 0.307 e. The van der Waals surface area contributed by atoms with Crippen molar-refractivity contribution in [3.63, 3.8) is 0 Å². The lowest BCUT2D eigenvalue weighted by molar-refractivity contribution is -0.139. The Bertz CT molecular complexity index is 268. The topological polar surface area (TPSA) is 46.5 Å². The van der Waals surface area contributed by atoms with Crippen LogP contribution in [0.5, 0.6) is 0 Å². The summed E-state index contributed by atoms with van der Waals surface area (Å²) >= 11 is 0. The number of cyclic esters (lactones) is 1. The molecule has 1 heterocycles. The monoisotopic (exact) mass is 180 g/mol. The Morgan fingerprint density at radius 3 is 3.08 bits per heavy atom. The summed E-state index contributed by atoms with van der Waals surface area (Å²) in [7, 11) is 0. The largest absolute Gasteiger partial charge is 0.449 e. The van der Waals surface area contributed by atoms with Crippen molar-refractivity contribution in [2.24, 2.45) is 0 Å². The number of rotatable bonds is 1. The van der Waals surface area contributed by atoms with Gasteiger partial charge in [-0.25, -0.2) is 0 Å². The first-order valence-corrected chi connectivity index (χ1v) is 4.24. The SMILES string of the molecule is CC(O)/C=C/C#CC1CCC(=O)O1. The Morgan fingerprint density at radius 1 is 1.77 bits per heavy atom. The van der Waals surface area contributed by atoms with Gasteiger partial charge in [-0.1, -0.05) is 11.8 Å². The normalized spacial score (nSPS) is 23.8. The number of carbonyl (C=O) groups is 1. The van der Waals surface area contributed by atoms with Crippen LogP contribution in [0.3, 0.4) is 0 Å². The number of esters is 1. The lowest BCUT2D eigenvalue weighted by Gasteiger charge is -1.96. The predicted octanol–water partition coefficient (Wildman–Crippen LogP) is 0.632. The number of aliphatic hydroxyl groups is 1. The van der Waals surface area contributed by atoms with Crippen LogP contribution >= 0.6 is 0 Å². The Kier molecular flexibility index (Phi) is 3.53. The summed E-state index contributed by atoms with van der Waals surface area (Å²) in [4.78, 5) is 10.6. The quantitative estimate of drug-likeness (QED) is 0.475. The minimum atomic E-state index is -0.486. The molecule has 1 aliphatic heterocycles. The van der Waals surface area contributed by atoms with Gasteiger partial charge in [0.25, 0.3) is 0 Å². The van der Waals surface area contributed by atoms with Crippen molar-refractivity contribution in [3.8, 4) is 11.8 Å². The first-order valence-electron chi connectivity index (χ1n) is 4.24. The van der Waals surface area contributed by atoms with Crippen LogP contribution in [0.4, 0.5) is 0 Å². The van der Waals surface area contributed by atoms with Crippen molar-refractivity contribution < 1.29 is 14.6 Å². The van der Waals surface area contributed by atoms with Crippen molar-refractivity contribution in [1.82, 2.24) is 0 Å². The zero-order chi connectivity index (χ0) is 9.68. The molecular formula is C10H12O3. The molecule has 0 saturated carbocycles. The first-order chi connectivity index (χ1) is 6.18. The van der Waals surface area contributed by atoms with Crippen LogP contribution < -0.4 is 0 Å². The number of hydrogen-bond donors (Lipinski definition) is 1. The van der Waals surface area contributed by atoms with E-state index in [1.807, 2.05) is 0 Å². The van der Waals surface area contributed by atoms with Gasteiger partial charge in [-0.3, -0.25) is 4.79 Å². The fraction of sp³-hybridized carbons (Fsp3) is 0.500. The molecule has 13 heavy (non-hydrogen) atoms. The molecule has 3 nitrogen and oxygen atoms in total. The van der Waals surface area contributed by atoms with E-state index in [2.05, 4.69) is 11.8 Å². The van der Waals surface area contributed by atoms with Gasteiger partial charge in [0.1, 0.15) is 0 Å². The van der Waals surface area contributed by atoms with Crippen LogP contribution in [0.25, 0.3) is 0 Å². The second kappa shape index (κ2) is 4.68. The molecule has 0 radical (unpaired) electrons. The summed E-state index contributed by atoms with van der Waals surface area (Å²) in [5.41, 5.74) is 0. The van der Waals surface area contributed by atoms with Gasteiger partial charge >= 0.3 is 5.97 Å². The highest BCUT2D eigenvalue weighted by atomic mass is 16.5. The third-order valence-corrected chi connectivity index (χ3v) is 1.59. The molecule has 1 rings (SSSR count). The molecule has 1 saturated heterocycles. The lowest BCUT2D eigenvalue weighted by Crippen LogP contribution is -2.02. The van der Waals surface area contributed by atoms with E-state index >= 15 is 0 Å². The molecule has 0 aromatic heterocycles. The number of aliphatic hydroxyl groups excluding tert-OH is 1. The Morgan fingerprint density at radius 2 is 2.54 bits per heavy atom. The Hall–Kier alpha value is -1.27. The van der Waals surface area contributed by atoms with Gasteiger partial charge < -0.3 is 9.84 Å². The molecule has 0 aliphatic carbocycles. The summed E-state index contributed by atoms with van der Waals surface area (Å²) in [6.45, 7) is 1.65. The lowest BCUT2D eigenvalue weighted by atomic mass is 10.2. The molecule has 3 heteroatoms. The van der Waals surface area contributed by atoms with Crippen molar-refractivity contribution in [2.45, 2.75) is 32.0 Å². The number of carbonyl (C=O) groups excluding carboxylic acids is 1. The van der Waals surface area contributed by atoms with E-state index in [0.717, 1.165) is 0 Å². The maximum atomic E-state index is 10.6. The molecular weight excluding hydrogens is 168 g/mol. The van der Waals surface area contributed by atoms with Crippen LogP contribution in [0.15, 0.2) is 12.2 Å². The van der Waals surface area contributed by atoms with Crippen LogP contribution in [0.2, 0.25) is 0 Å². The van der Waals surface area contributed by atoms with Gasteiger partial charge in [-0.05, 0) is 19.1 Å². The molecule has 2 atom stereocenters. The third kappa shape index (κ3) is 3.77. The molecule has 0 aromatic carbocycles. The number of ether oxygens (including phenoxy) is 1.